The van der Waals surface area contributed by atoms with Gasteiger partial charge in [-0.15, -0.1) is 0 Å². The first-order valence-corrected chi connectivity index (χ1v) is 8.05. The molecule has 7 heteroatoms. The number of hydrogen-bond acceptors (Lipinski definition) is 4. The number of nitrogens with one attached hydrogen (secondary N) is 2. The van der Waals surface area contributed by atoms with Crippen molar-refractivity contribution in [1.29, 1.82) is 0 Å². The molecule has 0 amide bonds. The molecule has 20 heavy (non-hydrogen) atoms. The van der Waals surface area contributed by atoms with E-state index < -0.39 is 10.0 Å². The quantitative estimate of drug-likeness (QED) is 0.736. The lowest BCUT2D eigenvalue weighted by molar-refractivity contribution is 0.588. The summed E-state index contributed by atoms with van der Waals surface area (Å²) in [4.78, 5) is 0.0707. The molecule has 0 aliphatic rings. The van der Waals surface area contributed by atoms with Crippen LogP contribution in [-0.4, -0.2) is 15.5 Å². The zero-order chi connectivity index (χ0) is 14.8. The van der Waals surface area contributed by atoms with Gasteiger partial charge < -0.3 is 11.1 Å². The molecule has 0 radical (unpaired) electrons. The maximum Gasteiger partial charge on any atom is 0.242 e. The fraction of sp³-hybridized carbons (Fsp3) is 0.0769. The van der Waals surface area contributed by atoms with Crippen LogP contribution in [0.5, 0.6) is 0 Å². The van der Waals surface area contributed by atoms with Gasteiger partial charge in [0.1, 0.15) is 4.90 Å². The van der Waals surface area contributed by atoms with Crippen molar-refractivity contribution in [3.63, 3.8) is 0 Å². The van der Waals surface area contributed by atoms with Crippen LogP contribution < -0.4 is 15.8 Å². The molecule has 106 valence electrons. The topological polar surface area (TPSA) is 84.2 Å². The molecule has 2 aromatic carbocycles. The van der Waals surface area contributed by atoms with E-state index in [4.69, 9.17) is 5.73 Å². The highest BCUT2D eigenvalue weighted by Crippen LogP contribution is 2.25. The first-order chi connectivity index (χ1) is 9.42. The Kier molecular flexibility index (Phi) is 4.32. The fourth-order valence-corrected chi connectivity index (χ4v) is 2.78. The molecule has 2 aromatic rings. The molecule has 5 nitrogen and oxygen atoms in total. The average Bonchev–Trinajstić information content (AvgIpc) is 2.41. The highest BCUT2D eigenvalue weighted by Gasteiger charge is 2.15. The monoisotopic (exact) mass is 355 g/mol. The van der Waals surface area contributed by atoms with E-state index in [0.29, 0.717) is 0 Å². The molecule has 0 aliphatic carbocycles. The SMILES string of the molecule is CNS(=O)(=O)c1ccc(Nc2ccc(Br)cc2)cc1N. The number of rotatable bonds is 4. The molecule has 4 N–H and O–H groups in total. The average molecular weight is 356 g/mol. The van der Waals surface area contributed by atoms with E-state index in [1.54, 1.807) is 12.1 Å². The summed E-state index contributed by atoms with van der Waals surface area (Å²) in [5.74, 6) is 0. The molecular weight excluding hydrogens is 342 g/mol. The molecule has 2 rings (SSSR count). The van der Waals surface area contributed by atoms with Crippen LogP contribution in [0.1, 0.15) is 0 Å². The number of nitrogens with two attached hydrogens (primary N) is 1. The van der Waals surface area contributed by atoms with E-state index in [0.717, 1.165) is 15.8 Å². The second-order valence-electron chi connectivity index (χ2n) is 4.09. The van der Waals surface area contributed by atoms with Gasteiger partial charge in [0.25, 0.3) is 0 Å². The van der Waals surface area contributed by atoms with Gasteiger partial charge in [0.15, 0.2) is 0 Å². The Bertz CT molecular complexity index is 715. The van der Waals surface area contributed by atoms with Crippen LogP contribution in [0.3, 0.4) is 0 Å². The Labute approximate surface area is 126 Å². The lowest BCUT2D eigenvalue weighted by atomic mass is 10.2. The van der Waals surface area contributed by atoms with E-state index in [-0.39, 0.29) is 10.6 Å². The Hall–Kier alpha value is -1.57. The van der Waals surface area contributed by atoms with Gasteiger partial charge in [-0.2, -0.15) is 0 Å². The summed E-state index contributed by atoms with van der Waals surface area (Å²) in [6.45, 7) is 0. The number of hydrogen-bond donors (Lipinski definition) is 3. The number of sulfonamides is 1. The summed E-state index contributed by atoms with van der Waals surface area (Å²) in [6.07, 6.45) is 0. The van der Waals surface area contributed by atoms with Gasteiger partial charge in [-0.3, -0.25) is 0 Å². The Morgan fingerprint density at radius 1 is 1.05 bits per heavy atom. The van der Waals surface area contributed by atoms with Crippen molar-refractivity contribution in [3.8, 4) is 0 Å². The molecule has 0 saturated carbocycles. The van der Waals surface area contributed by atoms with E-state index in [1.807, 2.05) is 24.3 Å². The Morgan fingerprint density at radius 2 is 1.65 bits per heavy atom. The second-order valence-corrected chi connectivity index (χ2v) is 6.86. The van der Waals surface area contributed by atoms with Crippen molar-refractivity contribution < 1.29 is 8.42 Å². The molecule has 0 fully saturated rings. The minimum absolute atomic E-state index is 0.0707. The maximum absolute atomic E-state index is 11.7. The summed E-state index contributed by atoms with van der Waals surface area (Å²) >= 11 is 3.36. The van der Waals surface area contributed by atoms with Crippen molar-refractivity contribution in [1.82, 2.24) is 4.72 Å². The summed E-state index contributed by atoms with van der Waals surface area (Å²) in [6, 6.07) is 12.4. The standard InChI is InChI=1S/C13H14BrN3O2S/c1-16-20(18,19)13-7-6-11(8-12(13)15)17-10-4-2-9(14)3-5-10/h2-8,16-17H,15H2,1H3. The smallest absolute Gasteiger partial charge is 0.242 e. The van der Waals surface area contributed by atoms with Gasteiger partial charge >= 0.3 is 0 Å². The van der Waals surface area contributed by atoms with Crippen molar-refractivity contribution in [2.24, 2.45) is 0 Å². The lowest BCUT2D eigenvalue weighted by Crippen LogP contribution is -2.19. The largest absolute Gasteiger partial charge is 0.398 e. The molecule has 0 aromatic heterocycles. The highest BCUT2D eigenvalue weighted by molar-refractivity contribution is 9.10. The highest BCUT2D eigenvalue weighted by atomic mass is 79.9. The van der Waals surface area contributed by atoms with Crippen LogP contribution in [0.4, 0.5) is 17.1 Å². The molecule has 0 bridgehead atoms. The summed E-state index contributed by atoms with van der Waals surface area (Å²) in [5.41, 5.74) is 7.60. The summed E-state index contributed by atoms with van der Waals surface area (Å²) < 4.78 is 26.6. The van der Waals surface area contributed by atoms with Gasteiger partial charge in [0.2, 0.25) is 10.0 Å². The van der Waals surface area contributed by atoms with Gasteiger partial charge in [-0.1, -0.05) is 15.9 Å². The van der Waals surface area contributed by atoms with Gasteiger partial charge in [0, 0.05) is 15.8 Å². The summed E-state index contributed by atoms with van der Waals surface area (Å²) in [5, 5.41) is 3.15. The zero-order valence-corrected chi connectivity index (χ0v) is 13.1. The number of anilines is 3. The van der Waals surface area contributed by atoms with Crippen molar-refractivity contribution in [3.05, 3.63) is 46.9 Å². The van der Waals surface area contributed by atoms with Crippen LogP contribution >= 0.6 is 15.9 Å². The van der Waals surface area contributed by atoms with E-state index in [1.165, 1.54) is 13.1 Å². The Balaban J connectivity index is 2.28. The van der Waals surface area contributed by atoms with Crippen molar-refractivity contribution >= 4 is 43.0 Å². The number of halogens is 1. The summed E-state index contributed by atoms with van der Waals surface area (Å²) in [7, 11) is -2.18. The van der Waals surface area contributed by atoms with Crippen LogP contribution in [-0.2, 0) is 10.0 Å². The van der Waals surface area contributed by atoms with Gasteiger partial charge in [-0.05, 0) is 49.5 Å². The first-order valence-electron chi connectivity index (χ1n) is 5.78. The molecular formula is C13H14BrN3O2S. The molecule has 0 saturated heterocycles. The zero-order valence-electron chi connectivity index (χ0n) is 10.7. The van der Waals surface area contributed by atoms with Crippen LogP contribution in [0.25, 0.3) is 0 Å². The number of nitrogen functional groups attached to an aromatic ring is 1. The maximum atomic E-state index is 11.7. The molecule has 0 heterocycles. The third-order valence-electron chi connectivity index (χ3n) is 2.70. The van der Waals surface area contributed by atoms with E-state index >= 15 is 0 Å². The van der Waals surface area contributed by atoms with Crippen LogP contribution in [0.15, 0.2) is 51.8 Å². The number of benzene rings is 2. The second kappa shape index (κ2) is 5.82. The molecule has 0 unspecified atom stereocenters. The minimum Gasteiger partial charge on any atom is -0.398 e. The van der Waals surface area contributed by atoms with E-state index in [2.05, 4.69) is 26.0 Å². The van der Waals surface area contributed by atoms with Gasteiger partial charge in [0.05, 0.1) is 5.69 Å². The normalized spacial score (nSPS) is 11.3. The van der Waals surface area contributed by atoms with Crippen LogP contribution in [0.2, 0.25) is 0 Å². The molecule has 0 aliphatic heterocycles. The van der Waals surface area contributed by atoms with Crippen molar-refractivity contribution in [2.45, 2.75) is 4.90 Å². The predicted molar refractivity (Wildman–Crippen MR) is 84.5 cm³/mol. The van der Waals surface area contributed by atoms with Crippen molar-refractivity contribution in [2.75, 3.05) is 18.1 Å². The predicted octanol–water partition coefficient (Wildman–Crippen LogP) is 2.68. The van der Waals surface area contributed by atoms with E-state index in [9.17, 15) is 8.42 Å². The van der Waals surface area contributed by atoms with Crippen LogP contribution in [0, 0.1) is 0 Å². The Morgan fingerprint density at radius 3 is 2.20 bits per heavy atom. The third kappa shape index (κ3) is 3.30. The lowest BCUT2D eigenvalue weighted by Gasteiger charge is -2.10. The minimum atomic E-state index is -3.53. The fourth-order valence-electron chi connectivity index (χ4n) is 1.68. The van der Waals surface area contributed by atoms with Gasteiger partial charge in [-0.25, -0.2) is 13.1 Å². The first kappa shape index (κ1) is 14.8. The molecule has 0 spiro atoms. The third-order valence-corrected chi connectivity index (χ3v) is 4.72. The molecule has 0 atom stereocenters.